The summed E-state index contributed by atoms with van der Waals surface area (Å²) in [5.41, 5.74) is 1.76. The Morgan fingerprint density at radius 1 is 1.28 bits per heavy atom. The molecule has 1 aromatic heterocycles. The van der Waals surface area contributed by atoms with Crippen LogP contribution in [0.4, 0.5) is 5.69 Å². The van der Waals surface area contributed by atoms with E-state index in [2.05, 4.69) is 10.1 Å². The molecule has 10 heteroatoms. The second kappa shape index (κ2) is 7.76. The number of nitrogens with zero attached hydrogens (tertiary/aromatic N) is 4. The van der Waals surface area contributed by atoms with Crippen LogP contribution in [0.1, 0.15) is 5.56 Å². The molecule has 0 saturated heterocycles. The molecule has 0 fully saturated rings. The minimum atomic E-state index is -0.478. The van der Waals surface area contributed by atoms with E-state index in [1.165, 1.54) is 23.6 Å². The number of rotatable bonds is 5. The molecule has 9 nitrogen and oxygen atoms in total. The number of benzene rings is 2. The third-order valence-electron chi connectivity index (χ3n) is 4.29. The summed E-state index contributed by atoms with van der Waals surface area (Å²) in [5.74, 6) is 1.47. The molecule has 0 bridgehead atoms. The Bertz CT molecular complexity index is 1180. The van der Waals surface area contributed by atoms with Crippen molar-refractivity contribution in [3.8, 4) is 28.5 Å². The third kappa shape index (κ3) is 3.45. The number of methoxy groups -OCH3 is 1. The minimum absolute atomic E-state index is 0.0309. The third-order valence-corrected chi connectivity index (χ3v) is 5.20. The van der Waals surface area contributed by atoms with Crippen LogP contribution in [0.15, 0.2) is 51.9 Å². The number of hydrogen-bond acceptors (Lipinski definition) is 8. The van der Waals surface area contributed by atoms with E-state index < -0.39 is 4.92 Å². The molecule has 148 valence electrons. The molecular weight excluding hydrogens is 396 g/mol. The fourth-order valence-electron chi connectivity index (χ4n) is 2.93. The average Bonchev–Trinajstić information content (AvgIpc) is 3.37. The number of fused-ring (bicyclic) bond motifs is 1. The first-order valence-corrected chi connectivity index (χ1v) is 9.39. The first-order valence-electron chi connectivity index (χ1n) is 8.51. The molecule has 1 aliphatic rings. The van der Waals surface area contributed by atoms with Crippen LogP contribution in [-0.2, 0) is 0 Å². The molecule has 0 N–H and O–H groups in total. The van der Waals surface area contributed by atoms with Crippen LogP contribution in [0.5, 0.6) is 17.2 Å². The minimum Gasteiger partial charge on any atom is -0.496 e. The lowest BCUT2D eigenvalue weighted by Crippen LogP contribution is -2.12. The average molecular weight is 412 g/mol. The van der Waals surface area contributed by atoms with Gasteiger partial charge < -0.3 is 14.2 Å². The van der Waals surface area contributed by atoms with Gasteiger partial charge in [-0.1, -0.05) is 12.1 Å². The predicted octanol–water partition coefficient (Wildman–Crippen LogP) is 3.27. The molecule has 0 unspecified atom stereocenters. The topological polar surface area (TPSA) is 100 Å². The van der Waals surface area contributed by atoms with Crippen molar-refractivity contribution in [2.45, 2.75) is 0 Å². The molecule has 4 rings (SSSR count). The standard InChI is InChI=1S/C19H16N4O5S/c1-20-19-22(15(10-29-19)13-5-3-4-6-16(13)26-2)21-9-12-7-17-18(28-11-27-17)8-14(12)23(24)25/h3-10H,11H2,1-2H3. The molecule has 0 aliphatic carbocycles. The normalized spacial score (nSPS) is 13.2. The predicted molar refractivity (Wildman–Crippen MR) is 108 cm³/mol. The Hall–Kier alpha value is -3.66. The van der Waals surface area contributed by atoms with E-state index in [0.717, 1.165) is 11.3 Å². The zero-order chi connectivity index (χ0) is 20.4. The summed E-state index contributed by atoms with van der Waals surface area (Å²) >= 11 is 1.40. The molecule has 0 atom stereocenters. The van der Waals surface area contributed by atoms with E-state index in [1.54, 1.807) is 24.9 Å². The molecule has 0 saturated carbocycles. The van der Waals surface area contributed by atoms with Crippen LogP contribution in [0.25, 0.3) is 11.3 Å². The number of nitro benzene ring substituents is 1. The van der Waals surface area contributed by atoms with Crippen LogP contribution in [-0.4, -0.2) is 36.8 Å². The number of ether oxygens (including phenoxy) is 3. The van der Waals surface area contributed by atoms with E-state index in [9.17, 15) is 10.1 Å². The zero-order valence-electron chi connectivity index (χ0n) is 15.6. The molecular formula is C19H16N4O5S. The SMILES string of the molecule is CN=c1scc(-c2ccccc2OC)n1N=Cc1cc2c(cc1[N+](=O)[O-])OCO2. The van der Waals surface area contributed by atoms with E-state index in [1.807, 2.05) is 29.6 Å². The van der Waals surface area contributed by atoms with E-state index >= 15 is 0 Å². The summed E-state index contributed by atoms with van der Waals surface area (Å²) in [6.07, 6.45) is 1.42. The Morgan fingerprint density at radius 3 is 2.76 bits per heavy atom. The summed E-state index contributed by atoms with van der Waals surface area (Å²) in [5, 5.41) is 17.9. The van der Waals surface area contributed by atoms with E-state index in [-0.39, 0.29) is 12.5 Å². The van der Waals surface area contributed by atoms with Crippen molar-refractivity contribution in [1.29, 1.82) is 0 Å². The van der Waals surface area contributed by atoms with Crippen LogP contribution in [0.3, 0.4) is 0 Å². The number of nitro groups is 1. The highest BCUT2D eigenvalue weighted by molar-refractivity contribution is 7.07. The Morgan fingerprint density at radius 2 is 2.03 bits per heavy atom. The van der Waals surface area contributed by atoms with E-state index in [0.29, 0.717) is 27.6 Å². The first kappa shape index (κ1) is 18.7. The Balaban J connectivity index is 1.83. The molecule has 3 aromatic rings. The van der Waals surface area contributed by atoms with Gasteiger partial charge in [0.25, 0.3) is 5.69 Å². The van der Waals surface area contributed by atoms with Gasteiger partial charge in [0.05, 0.1) is 35.6 Å². The van der Waals surface area contributed by atoms with Gasteiger partial charge in [0, 0.05) is 18.0 Å². The van der Waals surface area contributed by atoms with Crippen molar-refractivity contribution in [3.05, 3.63) is 62.3 Å². The Kier molecular flexibility index (Phi) is 5.00. The Labute approximate surface area is 169 Å². The molecule has 0 amide bonds. The molecule has 0 spiro atoms. The summed E-state index contributed by atoms with van der Waals surface area (Å²) in [4.78, 5) is 15.9. The van der Waals surface area contributed by atoms with Gasteiger partial charge in [-0.15, -0.1) is 11.3 Å². The van der Waals surface area contributed by atoms with Crippen LogP contribution >= 0.6 is 11.3 Å². The maximum Gasteiger partial charge on any atom is 0.282 e. The summed E-state index contributed by atoms with van der Waals surface area (Å²) < 4.78 is 17.6. The summed E-state index contributed by atoms with van der Waals surface area (Å²) in [6.45, 7) is 0.0309. The van der Waals surface area contributed by atoms with Crippen LogP contribution < -0.4 is 19.0 Å². The van der Waals surface area contributed by atoms with Crippen molar-refractivity contribution < 1.29 is 19.1 Å². The van der Waals surface area contributed by atoms with Gasteiger partial charge in [-0.3, -0.25) is 15.1 Å². The molecule has 2 heterocycles. The lowest BCUT2D eigenvalue weighted by molar-refractivity contribution is -0.385. The van der Waals surface area contributed by atoms with Gasteiger partial charge in [0.15, 0.2) is 11.5 Å². The highest BCUT2D eigenvalue weighted by Crippen LogP contribution is 2.37. The maximum atomic E-state index is 11.5. The number of aromatic nitrogens is 1. The van der Waals surface area contributed by atoms with Gasteiger partial charge in [0.2, 0.25) is 11.6 Å². The lowest BCUT2D eigenvalue weighted by Gasteiger charge is -2.08. The quantitative estimate of drug-likeness (QED) is 0.364. The van der Waals surface area contributed by atoms with Crippen molar-refractivity contribution in [3.63, 3.8) is 0 Å². The van der Waals surface area contributed by atoms with E-state index in [4.69, 9.17) is 14.2 Å². The second-order valence-electron chi connectivity index (χ2n) is 5.91. The van der Waals surface area contributed by atoms with Crippen molar-refractivity contribution in [2.75, 3.05) is 21.0 Å². The van der Waals surface area contributed by atoms with Crippen LogP contribution in [0.2, 0.25) is 0 Å². The summed E-state index contributed by atoms with van der Waals surface area (Å²) in [6, 6.07) is 10.4. The van der Waals surface area contributed by atoms with Crippen molar-refractivity contribution >= 4 is 23.2 Å². The molecule has 29 heavy (non-hydrogen) atoms. The largest absolute Gasteiger partial charge is 0.496 e. The molecule has 1 aliphatic heterocycles. The lowest BCUT2D eigenvalue weighted by atomic mass is 10.1. The fourth-order valence-corrected chi connectivity index (χ4v) is 3.73. The van der Waals surface area contributed by atoms with Gasteiger partial charge in [0.1, 0.15) is 5.75 Å². The summed E-state index contributed by atoms with van der Waals surface area (Å²) in [7, 11) is 3.26. The van der Waals surface area contributed by atoms with Crippen molar-refractivity contribution in [1.82, 2.24) is 4.68 Å². The van der Waals surface area contributed by atoms with Gasteiger partial charge >= 0.3 is 0 Å². The van der Waals surface area contributed by atoms with Crippen molar-refractivity contribution in [2.24, 2.45) is 10.1 Å². The van der Waals surface area contributed by atoms with Gasteiger partial charge in [-0.05, 0) is 18.2 Å². The molecule has 0 radical (unpaired) electrons. The number of thiazole rings is 1. The second-order valence-corrected chi connectivity index (χ2v) is 6.74. The maximum absolute atomic E-state index is 11.5. The zero-order valence-corrected chi connectivity index (χ0v) is 16.4. The van der Waals surface area contributed by atoms with Gasteiger partial charge in [-0.2, -0.15) is 5.10 Å². The van der Waals surface area contributed by atoms with Gasteiger partial charge in [-0.25, -0.2) is 4.68 Å². The smallest absolute Gasteiger partial charge is 0.282 e. The first-order chi connectivity index (χ1) is 14.1. The number of hydrogen-bond donors (Lipinski definition) is 0. The van der Waals surface area contributed by atoms with Crippen LogP contribution in [0, 0.1) is 10.1 Å². The highest BCUT2D eigenvalue weighted by atomic mass is 32.1. The molecule has 2 aromatic carbocycles. The monoisotopic (exact) mass is 412 g/mol. The number of para-hydroxylation sites is 1. The fraction of sp³-hybridized carbons (Fsp3) is 0.158. The highest BCUT2D eigenvalue weighted by Gasteiger charge is 2.22.